The predicted octanol–water partition coefficient (Wildman–Crippen LogP) is 3.30. The predicted molar refractivity (Wildman–Crippen MR) is 82.7 cm³/mol. The van der Waals surface area contributed by atoms with E-state index in [1.54, 1.807) is 6.20 Å². The third-order valence-corrected chi connectivity index (χ3v) is 4.36. The van der Waals surface area contributed by atoms with E-state index in [0.717, 1.165) is 29.5 Å². The van der Waals surface area contributed by atoms with E-state index < -0.39 is 0 Å². The Morgan fingerprint density at radius 1 is 1.30 bits per heavy atom. The number of aryl methyl sites for hydroxylation is 1. The summed E-state index contributed by atoms with van der Waals surface area (Å²) in [6, 6.07) is 7.99. The van der Waals surface area contributed by atoms with Gasteiger partial charge in [-0.1, -0.05) is 12.1 Å². The molecule has 1 N–H and O–H groups in total. The smallest absolute Gasteiger partial charge is 0.267 e. The van der Waals surface area contributed by atoms with Crippen molar-refractivity contribution >= 4 is 28.6 Å². The Morgan fingerprint density at radius 3 is 2.75 bits per heavy atom. The number of nitrogens with zero attached hydrogens (tertiary/aromatic N) is 2. The van der Waals surface area contributed by atoms with E-state index in [1.807, 2.05) is 25.1 Å². The highest BCUT2D eigenvalue weighted by Crippen LogP contribution is 2.29. The lowest BCUT2D eigenvalue weighted by molar-refractivity contribution is 0.103. The first-order valence-electron chi connectivity index (χ1n) is 6.82. The number of aromatic nitrogens is 1. The first kappa shape index (κ1) is 13.1. The number of rotatable bonds is 3. The van der Waals surface area contributed by atoms with Gasteiger partial charge in [-0.15, -0.1) is 11.3 Å². The van der Waals surface area contributed by atoms with Crippen LogP contribution in [-0.4, -0.2) is 24.0 Å². The zero-order chi connectivity index (χ0) is 13.9. The van der Waals surface area contributed by atoms with Crippen molar-refractivity contribution in [2.75, 3.05) is 23.3 Å². The molecule has 104 valence electrons. The van der Waals surface area contributed by atoms with Crippen LogP contribution in [0, 0.1) is 6.92 Å². The van der Waals surface area contributed by atoms with Crippen molar-refractivity contribution in [3.63, 3.8) is 0 Å². The van der Waals surface area contributed by atoms with Gasteiger partial charge in [0.1, 0.15) is 4.88 Å². The second-order valence-electron chi connectivity index (χ2n) is 4.91. The van der Waals surface area contributed by atoms with Crippen molar-refractivity contribution in [1.82, 2.24) is 4.98 Å². The summed E-state index contributed by atoms with van der Waals surface area (Å²) in [4.78, 5) is 19.3. The van der Waals surface area contributed by atoms with Crippen LogP contribution in [0.5, 0.6) is 0 Å². The van der Waals surface area contributed by atoms with E-state index in [1.165, 1.54) is 24.2 Å². The van der Waals surface area contributed by atoms with Crippen molar-refractivity contribution in [3.05, 3.63) is 40.3 Å². The van der Waals surface area contributed by atoms with Gasteiger partial charge in [0, 0.05) is 13.1 Å². The van der Waals surface area contributed by atoms with Crippen LogP contribution in [0.3, 0.4) is 0 Å². The SMILES string of the molecule is Cc1ncc(C(=O)Nc2ccccc2N2CCCC2)s1. The molecule has 1 fully saturated rings. The Hall–Kier alpha value is -1.88. The summed E-state index contributed by atoms with van der Waals surface area (Å²) < 4.78 is 0. The highest BCUT2D eigenvalue weighted by atomic mass is 32.1. The molecule has 0 bridgehead atoms. The van der Waals surface area contributed by atoms with Crippen LogP contribution >= 0.6 is 11.3 Å². The fourth-order valence-electron chi connectivity index (χ4n) is 2.46. The van der Waals surface area contributed by atoms with Crippen LogP contribution in [0.25, 0.3) is 0 Å². The monoisotopic (exact) mass is 287 g/mol. The van der Waals surface area contributed by atoms with Crippen LogP contribution in [-0.2, 0) is 0 Å². The van der Waals surface area contributed by atoms with Gasteiger partial charge in [0.15, 0.2) is 0 Å². The molecule has 3 rings (SSSR count). The van der Waals surface area contributed by atoms with Gasteiger partial charge in [-0.25, -0.2) is 4.98 Å². The lowest BCUT2D eigenvalue weighted by atomic mass is 10.2. The molecule has 1 saturated heterocycles. The molecule has 1 aromatic carbocycles. The summed E-state index contributed by atoms with van der Waals surface area (Å²) >= 11 is 1.42. The molecule has 0 saturated carbocycles. The van der Waals surface area contributed by atoms with Gasteiger partial charge in [-0.3, -0.25) is 4.79 Å². The first-order chi connectivity index (χ1) is 9.74. The van der Waals surface area contributed by atoms with Gasteiger partial charge in [0.25, 0.3) is 5.91 Å². The van der Waals surface area contributed by atoms with Gasteiger partial charge in [0.05, 0.1) is 22.6 Å². The Morgan fingerprint density at radius 2 is 2.05 bits per heavy atom. The minimum absolute atomic E-state index is 0.0813. The Labute approximate surface area is 122 Å². The molecule has 0 aliphatic carbocycles. The summed E-state index contributed by atoms with van der Waals surface area (Å²) in [6.07, 6.45) is 4.07. The molecule has 1 aliphatic rings. The molecule has 4 nitrogen and oxygen atoms in total. The van der Waals surface area contributed by atoms with Crippen molar-refractivity contribution < 1.29 is 4.79 Å². The molecule has 20 heavy (non-hydrogen) atoms. The zero-order valence-electron chi connectivity index (χ0n) is 11.4. The van der Waals surface area contributed by atoms with E-state index in [9.17, 15) is 4.79 Å². The van der Waals surface area contributed by atoms with E-state index in [2.05, 4.69) is 21.3 Å². The highest BCUT2D eigenvalue weighted by Gasteiger charge is 2.17. The molecule has 1 aliphatic heterocycles. The molecule has 0 spiro atoms. The number of amides is 1. The summed E-state index contributed by atoms with van der Waals surface area (Å²) in [5.74, 6) is -0.0813. The molecule has 0 atom stereocenters. The molecule has 0 radical (unpaired) electrons. The van der Waals surface area contributed by atoms with Crippen molar-refractivity contribution in [1.29, 1.82) is 0 Å². The maximum Gasteiger partial charge on any atom is 0.267 e. The number of hydrogen-bond acceptors (Lipinski definition) is 4. The third kappa shape index (κ3) is 2.67. The van der Waals surface area contributed by atoms with Crippen molar-refractivity contribution in [3.8, 4) is 0 Å². The van der Waals surface area contributed by atoms with Crippen LogP contribution in [0.4, 0.5) is 11.4 Å². The number of carbonyl (C=O) groups excluding carboxylic acids is 1. The lowest BCUT2D eigenvalue weighted by Gasteiger charge is -2.21. The lowest BCUT2D eigenvalue weighted by Crippen LogP contribution is -2.20. The topological polar surface area (TPSA) is 45.2 Å². The molecule has 1 aromatic heterocycles. The van der Waals surface area contributed by atoms with Gasteiger partial charge >= 0.3 is 0 Å². The zero-order valence-corrected chi connectivity index (χ0v) is 12.2. The van der Waals surface area contributed by atoms with E-state index in [0.29, 0.717) is 4.88 Å². The molecular weight excluding hydrogens is 270 g/mol. The van der Waals surface area contributed by atoms with Gasteiger partial charge < -0.3 is 10.2 Å². The largest absolute Gasteiger partial charge is 0.370 e. The molecule has 5 heteroatoms. The summed E-state index contributed by atoms with van der Waals surface area (Å²) in [6.45, 7) is 4.03. The quantitative estimate of drug-likeness (QED) is 0.942. The normalized spacial score (nSPS) is 14.6. The number of nitrogens with one attached hydrogen (secondary N) is 1. The molecule has 2 heterocycles. The Bertz CT molecular complexity index is 617. The van der Waals surface area contributed by atoms with Crippen molar-refractivity contribution in [2.24, 2.45) is 0 Å². The number of thiazole rings is 1. The van der Waals surface area contributed by atoms with Crippen LogP contribution < -0.4 is 10.2 Å². The minimum Gasteiger partial charge on any atom is -0.370 e. The fourth-order valence-corrected chi connectivity index (χ4v) is 3.14. The molecule has 1 amide bonds. The van der Waals surface area contributed by atoms with Crippen LogP contribution in [0.1, 0.15) is 27.5 Å². The number of hydrogen-bond donors (Lipinski definition) is 1. The molecule has 2 aromatic rings. The second-order valence-corrected chi connectivity index (χ2v) is 6.14. The summed E-state index contributed by atoms with van der Waals surface area (Å²) in [5, 5.41) is 3.91. The summed E-state index contributed by atoms with van der Waals surface area (Å²) in [7, 11) is 0. The highest BCUT2D eigenvalue weighted by molar-refractivity contribution is 7.13. The average Bonchev–Trinajstić information content (AvgIpc) is 3.10. The summed E-state index contributed by atoms with van der Waals surface area (Å²) in [5.41, 5.74) is 1.99. The van der Waals surface area contributed by atoms with Gasteiger partial charge in [-0.05, 0) is 31.9 Å². The number of para-hydroxylation sites is 2. The van der Waals surface area contributed by atoms with E-state index in [4.69, 9.17) is 0 Å². The van der Waals surface area contributed by atoms with E-state index in [-0.39, 0.29) is 5.91 Å². The number of carbonyl (C=O) groups is 1. The average molecular weight is 287 g/mol. The molecule has 0 unspecified atom stereocenters. The Kier molecular flexibility index (Phi) is 3.69. The standard InChI is InChI=1S/C15H17N3OS/c1-11-16-10-14(20-11)15(19)17-12-6-2-3-7-13(12)18-8-4-5-9-18/h2-3,6-7,10H,4-5,8-9H2,1H3,(H,17,19). The number of anilines is 2. The van der Waals surface area contributed by atoms with Crippen LogP contribution in [0.15, 0.2) is 30.5 Å². The van der Waals surface area contributed by atoms with Gasteiger partial charge in [0.2, 0.25) is 0 Å². The van der Waals surface area contributed by atoms with Crippen molar-refractivity contribution in [2.45, 2.75) is 19.8 Å². The van der Waals surface area contributed by atoms with Crippen LogP contribution in [0.2, 0.25) is 0 Å². The van der Waals surface area contributed by atoms with E-state index >= 15 is 0 Å². The maximum absolute atomic E-state index is 12.2. The first-order valence-corrected chi connectivity index (χ1v) is 7.63. The third-order valence-electron chi connectivity index (χ3n) is 3.44. The number of benzene rings is 1. The second kappa shape index (κ2) is 5.63. The maximum atomic E-state index is 12.2. The van der Waals surface area contributed by atoms with Gasteiger partial charge in [-0.2, -0.15) is 0 Å². The Balaban J connectivity index is 1.81. The fraction of sp³-hybridized carbons (Fsp3) is 0.333. The minimum atomic E-state index is -0.0813. The molecular formula is C15H17N3OS.